The molecule has 0 atom stereocenters. The van der Waals surface area contributed by atoms with Gasteiger partial charge in [0, 0.05) is 12.1 Å². The van der Waals surface area contributed by atoms with Crippen molar-refractivity contribution in [1.29, 1.82) is 0 Å². The Labute approximate surface area is 141 Å². The van der Waals surface area contributed by atoms with Crippen LogP contribution in [0.1, 0.15) is 42.5 Å². The molecule has 0 aromatic heterocycles. The minimum absolute atomic E-state index is 0.00503. The molecule has 0 amide bonds. The van der Waals surface area contributed by atoms with Gasteiger partial charge in [0.1, 0.15) is 0 Å². The van der Waals surface area contributed by atoms with Gasteiger partial charge in [-0.25, -0.2) is 17.9 Å². The summed E-state index contributed by atoms with van der Waals surface area (Å²) in [6.45, 7) is 0.186. The van der Waals surface area contributed by atoms with Crippen LogP contribution in [0.15, 0.2) is 23.1 Å². The van der Waals surface area contributed by atoms with Crippen LogP contribution in [-0.4, -0.2) is 33.6 Å². The minimum atomic E-state index is -3.74. The third kappa shape index (κ3) is 4.44. The van der Waals surface area contributed by atoms with E-state index < -0.39 is 21.5 Å². The van der Waals surface area contributed by atoms with E-state index in [9.17, 15) is 13.2 Å². The fraction of sp³-hybridized carbons (Fsp3) is 0.533. The van der Waals surface area contributed by atoms with Gasteiger partial charge < -0.3 is 10.5 Å². The Morgan fingerprint density at radius 3 is 2.57 bits per heavy atom. The lowest BCUT2D eigenvalue weighted by Crippen LogP contribution is -2.51. The van der Waals surface area contributed by atoms with Gasteiger partial charge in [-0.1, -0.05) is 30.9 Å². The van der Waals surface area contributed by atoms with Crippen molar-refractivity contribution in [2.45, 2.75) is 42.5 Å². The number of halogens is 1. The Balaban J connectivity index is 2.13. The number of benzene rings is 1. The summed E-state index contributed by atoms with van der Waals surface area (Å²) in [5.74, 6) is -0.616. The summed E-state index contributed by atoms with van der Waals surface area (Å²) in [5.41, 5.74) is 5.86. The molecular weight excluding hydrogens is 340 g/mol. The summed E-state index contributed by atoms with van der Waals surface area (Å²) in [6, 6.07) is 3.90. The van der Waals surface area contributed by atoms with E-state index in [1.807, 2.05) is 0 Å². The lowest BCUT2D eigenvalue weighted by molar-refractivity contribution is 0.0601. The monoisotopic (exact) mass is 360 g/mol. The summed E-state index contributed by atoms with van der Waals surface area (Å²) >= 11 is 5.97. The number of hydrogen-bond acceptors (Lipinski definition) is 5. The van der Waals surface area contributed by atoms with E-state index in [4.69, 9.17) is 17.3 Å². The number of methoxy groups -OCH3 is 1. The van der Waals surface area contributed by atoms with Gasteiger partial charge in [-0.15, -0.1) is 0 Å². The molecule has 2 rings (SSSR count). The van der Waals surface area contributed by atoms with Crippen molar-refractivity contribution < 1.29 is 17.9 Å². The third-order valence-corrected chi connectivity index (χ3v) is 5.83. The standard InChI is InChI=1S/C15H21ClN2O4S/c1-22-14(19)12-6-5-11(9-13(12)16)23(20,21)18-10-15(17)7-3-2-4-8-15/h5-6,9,18H,2-4,7-8,10,17H2,1H3. The Morgan fingerprint density at radius 2 is 2.00 bits per heavy atom. The number of carbonyl (C=O) groups is 1. The van der Waals surface area contributed by atoms with Crippen molar-refractivity contribution >= 4 is 27.6 Å². The normalized spacial score (nSPS) is 17.7. The Morgan fingerprint density at radius 1 is 1.35 bits per heavy atom. The number of carbonyl (C=O) groups excluding carboxylic acids is 1. The van der Waals surface area contributed by atoms with Crippen molar-refractivity contribution in [3.8, 4) is 0 Å². The van der Waals surface area contributed by atoms with Crippen LogP contribution in [0.2, 0.25) is 5.02 Å². The van der Waals surface area contributed by atoms with Gasteiger partial charge in [-0.05, 0) is 31.0 Å². The van der Waals surface area contributed by atoms with Crippen LogP contribution in [0.3, 0.4) is 0 Å². The molecule has 1 aromatic carbocycles. The zero-order chi connectivity index (χ0) is 17.1. The first-order valence-electron chi connectivity index (χ1n) is 7.44. The number of hydrogen-bond donors (Lipinski definition) is 2. The summed E-state index contributed by atoms with van der Waals surface area (Å²) in [6.07, 6.45) is 4.77. The summed E-state index contributed by atoms with van der Waals surface area (Å²) < 4.78 is 31.9. The highest BCUT2D eigenvalue weighted by Crippen LogP contribution is 2.26. The van der Waals surface area contributed by atoms with Crippen LogP contribution in [0, 0.1) is 0 Å². The molecule has 0 bridgehead atoms. The van der Waals surface area contributed by atoms with Gasteiger partial charge in [0.25, 0.3) is 0 Å². The highest BCUT2D eigenvalue weighted by molar-refractivity contribution is 7.89. The molecule has 1 saturated carbocycles. The fourth-order valence-electron chi connectivity index (χ4n) is 2.69. The lowest BCUT2D eigenvalue weighted by atomic mass is 9.83. The second-order valence-corrected chi connectivity index (χ2v) is 8.05. The van der Waals surface area contributed by atoms with Crippen molar-refractivity contribution in [3.05, 3.63) is 28.8 Å². The molecule has 0 aliphatic heterocycles. The molecule has 23 heavy (non-hydrogen) atoms. The van der Waals surface area contributed by atoms with E-state index in [1.54, 1.807) is 0 Å². The Hall–Kier alpha value is -1.15. The zero-order valence-corrected chi connectivity index (χ0v) is 14.5. The number of rotatable bonds is 5. The molecule has 1 aliphatic rings. The smallest absolute Gasteiger partial charge is 0.339 e. The molecule has 0 unspecified atom stereocenters. The number of ether oxygens (including phenoxy) is 1. The molecule has 3 N–H and O–H groups in total. The van der Waals surface area contributed by atoms with Crippen LogP contribution in [-0.2, 0) is 14.8 Å². The van der Waals surface area contributed by atoms with Crippen LogP contribution in [0.5, 0.6) is 0 Å². The Bertz CT molecular complexity index is 685. The van der Waals surface area contributed by atoms with Crippen molar-refractivity contribution in [1.82, 2.24) is 4.72 Å². The number of esters is 1. The highest BCUT2D eigenvalue weighted by Gasteiger charge is 2.29. The first kappa shape index (κ1) is 18.2. The second-order valence-electron chi connectivity index (χ2n) is 5.88. The minimum Gasteiger partial charge on any atom is -0.465 e. The number of sulfonamides is 1. The Kier molecular flexibility index (Phi) is 5.67. The van der Waals surface area contributed by atoms with Crippen molar-refractivity contribution in [3.63, 3.8) is 0 Å². The predicted molar refractivity (Wildman–Crippen MR) is 88.0 cm³/mol. The van der Waals surface area contributed by atoms with E-state index >= 15 is 0 Å². The van der Waals surface area contributed by atoms with Gasteiger partial charge in [0.15, 0.2) is 0 Å². The van der Waals surface area contributed by atoms with E-state index in [-0.39, 0.29) is 22.0 Å². The number of nitrogens with one attached hydrogen (secondary N) is 1. The number of nitrogens with two attached hydrogens (primary N) is 1. The molecular formula is C15H21ClN2O4S. The van der Waals surface area contributed by atoms with E-state index in [2.05, 4.69) is 9.46 Å². The third-order valence-electron chi connectivity index (χ3n) is 4.12. The van der Waals surface area contributed by atoms with Gasteiger partial charge in [-0.2, -0.15) is 0 Å². The van der Waals surface area contributed by atoms with Crippen LogP contribution >= 0.6 is 11.6 Å². The van der Waals surface area contributed by atoms with Gasteiger partial charge in [0.2, 0.25) is 10.0 Å². The predicted octanol–water partition coefficient (Wildman–Crippen LogP) is 2.07. The van der Waals surface area contributed by atoms with Crippen molar-refractivity contribution in [2.24, 2.45) is 5.73 Å². The van der Waals surface area contributed by atoms with Gasteiger partial charge >= 0.3 is 5.97 Å². The average Bonchev–Trinajstić information content (AvgIpc) is 2.53. The first-order valence-corrected chi connectivity index (χ1v) is 9.30. The van der Waals surface area contributed by atoms with E-state index in [1.165, 1.54) is 25.3 Å². The van der Waals surface area contributed by atoms with Gasteiger partial charge in [-0.3, -0.25) is 0 Å². The largest absolute Gasteiger partial charge is 0.465 e. The average molecular weight is 361 g/mol. The maximum Gasteiger partial charge on any atom is 0.339 e. The SMILES string of the molecule is COC(=O)c1ccc(S(=O)(=O)NCC2(N)CCCCC2)cc1Cl. The quantitative estimate of drug-likeness (QED) is 0.783. The second kappa shape index (κ2) is 7.17. The molecule has 1 aromatic rings. The molecule has 128 valence electrons. The molecule has 0 radical (unpaired) electrons. The molecule has 8 heteroatoms. The van der Waals surface area contributed by atoms with Crippen LogP contribution < -0.4 is 10.5 Å². The molecule has 0 spiro atoms. The molecule has 1 aliphatic carbocycles. The van der Waals surface area contributed by atoms with Crippen LogP contribution in [0.25, 0.3) is 0 Å². The highest BCUT2D eigenvalue weighted by atomic mass is 35.5. The maximum atomic E-state index is 12.4. The van der Waals surface area contributed by atoms with Crippen molar-refractivity contribution in [2.75, 3.05) is 13.7 Å². The summed E-state index contributed by atoms with van der Waals surface area (Å²) in [4.78, 5) is 11.5. The molecule has 0 saturated heterocycles. The summed E-state index contributed by atoms with van der Waals surface area (Å²) in [5, 5.41) is 0.0276. The topological polar surface area (TPSA) is 98.5 Å². The lowest BCUT2D eigenvalue weighted by Gasteiger charge is -2.33. The van der Waals surface area contributed by atoms with Gasteiger partial charge in [0.05, 0.1) is 22.6 Å². The molecule has 1 fully saturated rings. The molecule has 0 heterocycles. The fourth-order valence-corrected chi connectivity index (χ4v) is 4.18. The van der Waals surface area contributed by atoms with Crippen LogP contribution in [0.4, 0.5) is 0 Å². The molecule has 6 nitrogen and oxygen atoms in total. The maximum absolute atomic E-state index is 12.4. The summed E-state index contributed by atoms with van der Waals surface area (Å²) in [7, 11) is -2.50. The first-order chi connectivity index (χ1) is 10.8. The zero-order valence-electron chi connectivity index (χ0n) is 13.0. The van der Waals surface area contributed by atoms with E-state index in [0.29, 0.717) is 0 Å². The van der Waals surface area contributed by atoms with E-state index in [0.717, 1.165) is 32.1 Å².